The summed E-state index contributed by atoms with van der Waals surface area (Å²) in [6.45, 7) is 5.48. The van der Waals surface area contributed by atoms with E-state index in [0.717, 1.165) is 13.0 Å². The molecule has 1 atom stereocenters. The van der Waals surface area contributed by atoms with E-state index in [9.17, 15) is 0 Å². The van der Waals surface area contributed by atoms with Crippen molar-refractivity contribution in [3.05, 3.63) is 35.4 Å². The third-order valence-corrected chi connectivity index (χ3v) is 5.00. The predicted molar refractivity (Wildman–Crippen MR) is 87.1 cm³/mol. The minimum atomic E-state index is 0.280. The van der Waals surface area contributed by atoms with Gasteiger partial charge in [0.2, 0.25) is 0 Å². The molecule has 20 heavy (non-hydrogen) atoms. The second-order valence-corrected chi connectivity index (χ2v) is 6.29. The first-order valence-corrected chi connectivity index (χ1v) is 8.13. The average Bonchev–Trinajstić information content (AvgIpc) is 2.95. The quantitative estimate of drug-likeness (QED) is 0.849. The van der Waals surface area contributed by atoms with Gasteiger partial charge in [-0.2, -0.15) is 0 Å². The molecule has 1 saturated carbocycles. The Morgan fingerprint density at radius 3 is 2.45 bits per heavy atom. The van der Waals surface area contributed by atoms with E-state index in [4.69, 9.17) is 0 Å². The first-order valence-electron chi connectivity index (χ1n) is 8.13. The van der Waals surface area contributed by atoms with E-state index in [1.165, 1.54) is 36.8 Å². The topological polar surface area (TPSA) is 15.3 Å². The molecule has 2 rings (SSSR count). The smallest absolute Gasteiger partial charge is 0.0506 e. The van der Waals surface area contributed by atoms with Crippen LogP contribution >= 0.6 is 0 Å². The summed E-state index contributed by atoms with van der Waals surface area (Å²) < 4.78 is 0. The van der Waals surface area contributed by atoms with Crippen LogP contribution in [0.15, 0.2) is 24.3 Å². The Kier molecular flexibility index (Phi) is 5.22. The number of nitrogens with zero attached hydrogens (tertiary/aromatic N) is 1. The molecule has 0 aliphatic heterocycles. The van der Waals surface area contributed by atoms with Crippen LogP contribution in [0, 0.1) is 0 Å². The zero-order valence-corrected chi connectivity index (χ0v) is 13.6. The molecule has 0 amide bonds. The molecule has 2 heteroatoms. The van der Waals surface area contributed by atoms with E-state index in [2.05, 4.69) is 62.4 Å². The van der Waals surface area contributed by atoms with Crippen LogP contribution < -0.4 is 5.32 Å². The normalized spacial score (nSPS) is 19.4. The van der Waals surface area contributed by atoms with Crippen LogP contribution in [0.25, 0.3) is 0 Å². The fourth-order valence-electron chi connectivity index (χ4n) is 3.80. The van der Waals surface area contributed by atoms with E-state index in [0.29, 0.717) is 6.04 Å². The highest BCUT2D eigenvalue weighted by Gasteiger charge is 2.43. The van der Waals surface area contributed by atoms with Crippen molar-refractivity contribution in [3.63, 3.8) is 0 Å². The first kappa shape index (κ1) is 15.5. The highest BCUT2D eigenvalue weighted by atomic mass is 15.2. The fraction of sp³-hybridized carbons (Fsp3) is 0.667. The Bertz CT molecular complexity index is 419. The van der Waals surface area contributed by atoms with E-state index >= 15 is 0 Å². The molecule has 2 nitrogen and oxygen atoms in total. The number of hydrogen-bond donors (Lipinski definition) is 1. The summed E-state index contributed by atoms with van der Waals surface area (Å²) in [7, 11) is 4.50. The molecule has 0 aromatic heterocycles. The van der Waals surface area contributed by atoms with Crippen LogP contribution in [0.5, 0.6) is 0 Å². The Hall–Kier alpha value is -0.860. The standard InChI is InChI=1S/C18H30N2/c1-5-15-10-9-11-16(14-15)17(19-6-2)18(20(3)4)12-7-8-13-18/h9-11,14,17,19H,5-8,12-13H2,1-4H3. The van der Waals surface area contributed by atoms with Gasteiger partial charge in [0.05, 0.1) is 6.04 Å². The van der Waals surface area contributed by atoms with Gasteiger partial charge in [-0.3, -0.25) is 0 Å². The van der Waals surface area contributed by atoms with Crippen molar-refractivity contribution in [3.8, 4) is 0 Å². The van der Waals surface area contributed by atoms with Gasteiger partial charge < -0.3 is 10.2 Å². The van der Waals surface area contributed by atoms with Gasteiger partial charge in [0.25, 0.3) is 0 Å². The molecule has 0 radical (unpaired) electrons. The first-order chi connectivity index (χ1) is 9.64. The second kappa shape index (κ2) is 6.73. The van der Waals surface area contributed by atoms with Gasteiger partial charge in [0.1, 0.15) is 0 Å². The summed E-state index contributed by atoms with van der Waals surface area (Å²) in [5.74, 6) is 0. The van der Waals surface area contributed by atoms with Gasteiger partial charge >= 0.3 is 0 Å². The molecular formula is C18H30N2. The lowest BCUT2D eigenvalue weighted by Gasteiger charge is -2.44. The third-order valence-electron chi connectivity index (χ3n) is 5.00. The zero-order chi connectivity index (χ0) is 14.6. The summed E-state index contributed by atoms with van der Waals surface area (Å²) in [6.07, 6.45) is 6.42. The van der Waals surface area contributed by atoms with Gasteiger partial charge in [-0.15, -0.1) is 0 Å². The molecular weight excluding hydrogens is 244 g/mol. The van der Waals surface area contributed by atoms with Crippen molar-refractivity contribution in [2.24, 2.45) is 0 Å². The Balaban J connectivity index is 2.38. The molecule has 1 aliphatic carbocycles. The van der Waals surface area contributed by atoms with Crippen LogP contribution in [0.4, 0.5) is 0 Å². The van der Waals surface area contributed by atoms with Crippen LogP contribution in [0.1, 0.15) is 56.7 Å². The number of hydrogen-bond acceptors (Lipinski definition) is 2. The van der Waals surface area contributed by atoms with Crippen molar-refractivity contribution in [1.82, 2.24) is 10.2 Å². The summed E-state index contributed by atoms with van der Waals surface area (Å²) in [6, 6.07) is 9.60. The maximum atomic E-state index is 3.77. The van der Waals surface area contributed by atoms with Gasteiger partial charge in [0.15, 0.2) is 0 Å². The largest absolute Gasteiger partial charge is 0.309 e. The minimum absolute atomic E-state index is 0.280. The van der Waals surface area contributed by atoms with Crippen molar-refractivity contribution in [2.45, 2.75) is 57.5 Å². The Morgan fingerprint density at radius 2 is 1.90 bits per heavy atom. The molecule has 1 aromatic rings. The SMILES string of the molecule is CCNC(c1cccc(CC)c1)C1(N(C)C)CCCC1. The van der Waals surface area contributed by atoms with E-state index in [1.54, 1.807) is 0 Å². The summed E-state index contributed by atoms with van der Waals surface area (Å²) in [5, 5.41) is 3.77. The molecule has 1 unspecified atom stereocenters. The predicted octanol–water partition coefficient (Wildman–Crippen LogP) is 3.77. The molecule has 0 saturated heterocycles. The lowest BCUT2D eigenvalue weighted by atomic mass is 9.82. The molecule has 0 bridgehead atoms. The number of nitrogens with one attached hydrogen (secondary N) is 1. The molecule has 0 spiro atoms. The minimum Gasteiger partial charge on any atom is -0.309 e. The summed E-state index contributed by atoms with van der Waals surface area (Å²) in [5.41, 5.74) is 3.18. The maximum absolute atomic E-state index is 3.77. The van der Waals surface area contributed by atoms with E-state index < -0.39 is 0 Å². The monoisotopic (exact) mass is 274 g/mol. The van der Waals surface area contributed by atoms with Crippen molar-refractivity contribution in [1.29, 1.82) is 0 Å². The lowest BCUT2D eigenvalue weighted by molar-refractivity contribution is 0.105. The highest BCUT2D eigenvalue weighted by molar-refractivity contribution is 5.29. The van der Waals surface area contributed by atoms with Crippen LogP contribution in [-0.4, -0.2) is 31.1 Å². The van der Waals surface area contributed by atoms with E-state index in [1.807, 2.05) is 0 Å². The van der Waals surface area contributed by atoms with Gasteiger partial charge in [-0.25, -0.2) is 0 Å². The lowest BCUT2D eigenvalue weighted by Crippen LogP contribution is -2.52. The highest BCUT2D eigenvalue weighted by Crippen LogP contribution is 2.43. The third kappa shape index (κ3) is 2.91. The maximum Gasteiger partial charge on any atom is 0.0506 e. The number of benzene rings is 1. The van der Waals surface area contributed by atoms with Crippen LogP contribution in [0.2, 0.25) is 0 Å². The second-order valence-electron chi connectivity index (χ2n) is 6.29. The summed E-state index contributed by atoms with van der Waals surface area (Å²) >= 11 is 0. The van der Waals surface area contributed by atoms with E-state index in [-0.39, 0.29) is 5.54 Å². The summed E-state index contributed by atoms with van der Waals surface area (Å²) in [4.78, 5) is 2.46. The molecule has 0 heterocycles. The fourth-order valence-corrected chi connectivity index (χ4v) is 3.80. The number of aryl methyl sites for hydroxylation is 1. The van der Waals surface area contributed by atoms with Gasteiger partial charge in [-0.1, -0.05) is 51.0 Å². The zero-order valence-electron chi connectivity index (χ0n) is 13.6. The number of rotatable bonds is 6. The van der Waals surface area contributed by atoms with Crippen LogP contribution in [-0.2, 0) is 6.42 Å². The van der Waals surface area contributed by atoms with Crippen molar-refractivity contribution < 1.29 is 0 Å². The Morgan fingerprint density at radius 1 is 1.20 bits per heavy atom. The van der Waals surface area contributed by atoms with Crippen LogP contribution in [0.3, 0.4) is 0 Å². The molecule has 112 valence electrons. The molecule has 1 N–H and O–H groups in total. The van der Waals surface area contributed by atoms with Crippen molar-refractivity contribution >= 4 is 0 Å². The van der Waals surface area contributed by atoms with Gasteiger partial charge in [-0.05, 0) is 51.0 Å². The number of likely N-dealkylation sites (N-methyl/N-ethyl adjacent to an activating group) is 2. The van der Waals surface area contributed by atoms with Gasteiger partial charge in [0, 0.05) is 5.54 Å². The Labute approximate surface area is 124 Å². The average molecular weight is 274 g/mol. The van der Waals surface area contributed by atoms with Crippen molar-refractivity contribution in [2.75, 3.05) is 20.6 Å². The molecule has 1 fully saturated rings. The molecule has 1 aromatic carbocycles. The molecule has 1 aliphatic rings.